The molecule has 18 heteroatoms. The lowest BCUT2D eigenvalue weighted by Gasteiger charge is -2.37. The summed E-state index contributed by atoms with van der Waals surface area (Å²) in [6.45, 7) is 6.35. The fourth-order valence-corrected chi connectivity index (χ4v) is 8.52. The lowest BCUT2D eigenvalue weighted by Crippen LogP contribution is -2.49. The molecule has 3 fully saturated rings. The molecule has 6 heterocycles. The van der Waals surface area contributed by atoms with Crippen molar-refractivity contribution in [2.24, 2.45) is 0 Å². The van der Waals surface area contributed by atoms with Crippen LogP contribution in [0.5, 0.6) is 0 Å². The van der Waals surface area contributed by atoms with E-state index >= 15 is 4.39 Å². The normalized spacial score (nSPS) is 17.2. The Morgan fingerprint density at radius 1 is 1.02 bits per heavy atom. The third kappa shape index (κ3) is 6.98. The molecule has 5 aromatic rings. The zero-order valence-electron chi connectivity index (χ0n) is 30.2. The minimum absolute atomic E-state index is 0.0855. The largest absolute Gasteiger partial charge is 0.354 e. The predicted molar refractivity (Wildman–Crippen MR) is 200 cm³/mol. The van der Waals surface area contributed by atoms with Gasteiger partial charge in [0.25, 0.3) is 10.0 Å². The van der Waals surface area contributed by atoms with Gasteiger partial charge in [-0.2, -0.15) is 14.3 Å². The van der Waals surface area contributed by atoms with Gasteiger partial charge in [0, 0.05) is 74.4 Å². The van der Waals surface area contributed by atoms with Crippen molar-refractivity contribution in [3.63, 3.8) is 0 Å². The Morgan fingerprint density at radius 2 is 1.81 bits per heavy atom. The zero-order chi connectivity index (χ0) is 37.7. The number of nitrogens with one attached hydrogen (secondary N) is 2. The number of imide groups is 1. The molecular weight excluding hydrogens is 716 g/mol. The van der Waals surface area contributed by atoms with Crippen LogP contribution in [-0.4, -0.2) is 97.1 Å². The van der Waals surface area contributed by atoms with E-state index in [4.69, 9.17) is 10.1 Å². The predicted octanol–water partition coefficient (Wildman–Crippen LogP) is 4.44. The van der Waals surface area contributed by atoms with E-state index in [1.807, 2.05) is 24.0 Å². The number of nitrogens with zero attached hydrogens (tertiary/aromatic N) is 10. The van der Waals surface area contributed by atoms with Gasteiger partial charge in [0.2, 0.25) is 5.91 Å². The molecule has 0 radical (unpaired) electrons. The van der Waals surface area contributed by atoms with Gasteiger partial charge in [-0.3, -0.25) is 24.6 Å². The van der Waals surface area contributed by atoms with Crippen LogP contribution in [0.3, 0.4) is 0 Å². The molecule has 2 aliphatic heterocycles. The Labute approximate surface area is 311 Å². The molecule has 0 spiro atoms. The molecular formula is C36H41FN12O4S. The number of anilines is 4. The number of carbonyl (C=O) groups excluding carboxylic acids is 2. The van der Waals surface area contributed by atoms with E-state index in [0.717, 1.165) is 46.7 Å². The molecule has 4 aromatic heterocycles. The number of urea groups is 1. The first-order valence-corrected chi connectivity index (χ1v) is 19.6. The topological polar surface area (TPSA) is 176 Å². The third-order valence-corrected chi connectivity index (χ3v) is 12.2. The van der Waals surface area contributed by atoms with E-state index in [0.29, 0.717) is 53.7 Å². The van der Waals surface area contributed by atoms with Gasteiger partial charge in [-0.15, -0.1) is 0 Å². The quantitative estimate of drug-likeness (QED) is 0.194. The third-order valence-electron chi connectivity index (χ3n) is 10.2. The molecule has 3 aliphatic rings. The summed E-state index contributed by atoms with van der Waals surface area (Å²) in [6, 6.07) is 8.25. The molecule has 8 rings (SSSR count). The molecule has 1 saturated carbocycles. The SMILES string of the molecule is CC(C)n1nc(N2CCC(N(C)Cc3ccc(N4CCC(=O)NC4=O)cc3F)CC2)c2cnc(Nc3ccnc(-c4cnn(S(=O)(=O)C5CC5)c4)n3)cc21. The second-order valence-corrected chi connectivity index (χ2v) is 16.4. The van der Waals surface area contributed by atoms with E-state index in [2.05, 4.69) is 49.3 Å². The number of piperidine rings is 1. The van der Waals surface area contributed by atoms with Crippen molar-refractivity contribution in [1.29, 1.82) is 0 Å². The van der Waals surface area contributed by atoms with Crippen LogP contribution < -0.4 is 20.4 Å². The number of amides is 3. The number of halogens is 1. The smallest absolute Gasteiger partial charge is 0.328 e. The fourth-order valence-electron chi connectivity index (χ4n) is 7.05. The molecule has 1 aromatic carbocycles. The molecule has 54 heavy (non-hydrogen) atoms. The number of aromatic nitrogens is 7. The van der Waals surface area contributed by atoms with Crippen molar-refractivity contribution in [2.45, 2.75) is 69.8 Å². The van der Waals surface area contributed by atoms with E-state index in [1.54, 1.807) is 24.4 Å². The summed E-state index contributed by atoms with van der Waals surface area (Å²) in [5, 5.41) is 15.2. The van der Waals surface area contributed by atoms with Crippen molar-refractivity contribution in [2.75, 3.05) is 41.8 Å². The molecule has 2 saturated heterocycles. The van der Waals surface area contributed by atoms with Crippen LogP contribution in [0.4, 0.5) is 32.3 Å². The highest BCUT2D eigenvalue weighted by molar-refractivity contribution is 7.90. The van der Waals surface area contributed by atoms with Crippen LogP contribution in [0, 0.1) is 5.82 Å². The number of fused-ring (bicyclic) bond motifs is 1. The molecule has 282 valence electrons. The van der Waals surface area contributed by atoms with Crippen molar-refractivity contribution < 1.29 is 22.4 Å². The van der Waals surface area contributed by atoms with Gasteiger partial charge in [-0.1, -0.05) is 6.07 Å². The summed E-state index contributed by atoms with van der Waals surface area (Å²) >= 11 is 0. The minimum atomic E-state index is -3.50. The standard InChI is InChI=1S/C36H41FN12O4S/c1-22(2)49-30-17-32(41-31-8-12-38-34(42-31)24-18-40-48(21-24)54(52,53)27-6-7-27)39-19-28(30)35(44-49)46-13-9-25(10-14-46)45(3)20-23-4-5-26(16-29(23)37)47-15-11-33(50)43-36(47)51/h4-5,8,12,16-19,21-22,25,27H,6-7,9-11,13-15,20H2,1-3H3,(H,43,50,51)(H,38,39,41,42). The van der Waals surface area contributed by atoms with Crippen LogP contribution in [0.25, 0.3) is 22.3 Å². The molecule has 0 bridgehead atoms. The van der Waals surface area contributed by atoms with Crippen LogP contribution in [0.15, 0.2) is 55.1 Å². The average Bonchev–Trinajstić information content (AvgIpc) is 3.78. The molecule has 0 unspecified atom stereocenters. The second-order valence-electron chi connectivity index (χ2n) is 14.3. The number of rotatable bonds is 11. The lowest BCUT2D eigenvalue weighted by atomic mass is 10.0. The van der Waals surface area contributed by atoms with Crippen molar-refractivity contribution in [3.8, 4) is 11.4 Å². The summed E-state index contributed by atoms with van der Waals surface area (Å²) in [7, 11) is -1.49. The maximum atomic E-state index is 15.2. The highest BCUT2D eigenvalue weighted by Crippen LogP contribution is 2.33. The van der Waals surface area contributed by atoms with E-state index in [9.17, 15) is 18.0 Å². The summed E-state index contributed by atoms with van der Waals surface area (Å²) in [5.74, 6) is 1.56. The number of benzene rings is 1. The second kappa shape index (κ2) is 14.1. The van der Waals surface area contributed by atoms with Crippen LogP contribution in [0.1, 0.15) is 57.6 Å². The highest BCUT2D eigenvalue weighted by atomic mass is 32.2. The van der Waals surface area contributed by atoms with E-state index < -0.39 is 16.1 Å². The first-order valence-electron chi connectivity index (χ1n) is 18.1. The molecule has 3 amide bonds. The monoisotopic (exact) mass is 756 g/mol. The van der Waals surface area contributed by atoms with Gasteiger partial charge in [-0.05, 0) is 64.8 Å². The molecule has 1 aliphatic carbocycles. The van der Waals surface area contributed by atoms with Gasteiger partial charge >= 0.3 is 6.03 Å². The Morgan fingerprint density at radius 3 is 2.54 bits per heavy atom. The van der Waals surface area contributed by atoms with E-state index in [1.165, 1.54) is 23.4 Å². The molecule has 2 N–H and O–H groups in total. The number of hydrogen-bond donors (Lipinski definition) is 2. The summed E-state index contributed by atoms with van der Waals surface area (Å²) in [6.07, 6.45) is 9.53. The zero-order valence-corrected chi connectivity index (χ0v) is 31.0. The summed E-state index contributed by atoms with van der Waals surface area (Å²) in [4.78, 5) is 43.2. The number of pyridine rings is 1. The highest BCUT2D eigenvalue weighted by Gasteiger charge is 2.38. The Hall–Kier alpha value is -5.49. The van der Waals surface area contributed by atoms with E-state index in [-0.39, 0.29) is 42.0 Å². The summed E-state index contributed by atoms with van der Waals surface area (Å²) in [5.41, 5.74) is 2.39. The average molecular weight is 757 g/mol. The van der Waals surface area contributed by atoms with Crippen molar-refractivity contribution in [3.05, 3.63) is 66.5 Å². The maximum absolute atomic E-state index is 15.2. The lowest BCUT2D eigenvalue weighted by molar-refractivity contribution is -0.120. The maximum Gasteiger partial charge on any atom is 0.328 e. The van der Waals surface area contributed by atoms with Crippen LogP contribution in [-0.2, 0) is 21.4 Å². The molecule has 16 nitrogen and oxygen atoms in total. The van der Waals surface area contributed by atoms with Crippen molar-refractivity contribution in [1.82, 2.24) is 44.1 Å². The van der Waals surface area contributed by atoms with Gasteiger partial charge in [0.05, 0.1) is 34.1 Å². The van der Waals surface area contributed by atoms with Crippen LogP contribution >= 0.6 is 0 Å². The van der Waals surface area contributed by atoms with Crippen molar-refractivity contribution >= 4 is 56.0 Å². The minimum Gasteiger partial charge on any atom is -0.354 e. The van der Waals surface area contributed by atoms with Crippen LogP contribution in [0.2, 0.25) is 0 Å². The first kappa shape index (κ1) is 35.5. The first-order chi connectivity index (χ1) is 25.9. The number of hydrogen-bond acceptors (Lipinski definition) is 12. The Balaban J connectivity index is 0.929. The molecule has 0 atom stereocenters. The number of carbonyl (C=O) groups is 2. The van der Waals surface area contributed by atoms with Gasteiger partial charge < -0.3 is 10.2 Å². The Kier molecular flexibility index (Phi) is 9.25. The summed E-state index contributed by atoms with van der Waals surface area (Å²) < 4.78 is 43.4. The van der Waals surface area contributed by atoms with Gasteiger partial charge in [-0.25, -0.2) is 32.6 Å². The fraction of sp³-hybridized carbons (Fsp3) is 0.417. The van der Waals surface area contributed by atoms with Gasteiger partial charge in [0.1, 0.15) is 17.5 Å². The van der Waals surface area contributed by atoms with Gasteiger partial charge in [0.15, 0.2) is 11.6 Å². The Bertz CT molecular complexity index is 2350.